The molecule has 0 bridgehead atoms. The third-order valence-corrected chi connectivity index (χ3v) is 2.13. The molecule has 0 aromatic carbocycles. The van der Waals surface area contributed by atoms with Gasteiger partial charge in [-0.2, -0.15) is 0 Å². The first-order chi connectivity index (χ1) is 7.15. The second kappa shape index (κ2) is 8.64. The van der Waals surface area contributed by atoms with Crippen LogP contribution in [0.5, 0.6) is 0 Å². The van der Waals surface area contributed by atoms with E-state index in [0.29, 0.717) is 6.42 Å². The highest BCUT2D eigenvalue weighted by molar-refractivity contribution is 5.76. The van der Waals surface area contributed by atoms with Crippen molar-refractivity contribution < 1.29 is 15.0 Å². The molecule has 0 rings (SSSR count). The molecule has 0 saturated carbocycles. The zero-order valence-corrected chi connectivity index (χ0v) is 9.57. The molecule has 0 radical (unpaired) electrons. The van der Waals surface area contributed by atoms with Gasteiger partial charge in [0.15, 0.2) is 0 Å². The van der Waals surface area contributed by atoms with Crippen molar-refractivity contribution in [3.8, 4) is 0 Å². The standard InChI is InChI=1S/C10H22N2O3/c1-3-11-9(2)8-10(15)12(4-6-13)5-7-14/h9,11,13-14H,3-8H2,1-2H3. The van der Waals surface area contributed by atoms with Gasteiger partial charge in [0.1, 0.15) is 0 Å². The quantitative estimate of drug-likeness (QED) is 0.498. The number of carbonyl (C=O) groups is 1. The number of hydrogen-bond acceptors (Lipinski definition) is 4. The Morgan fingerprint density at radius 2 is 1.87 bits per heavy atom. The normalized spacial score (nSPS) is 12.5. The van der Waals surface area contributed by atoms with Gasteiger partial charge in [-0.3, -0.25) is 4.79 Å². The third kappa shape index (κ3) is 6.43. The molecule has 0 saturated heterocycles. The Morgan fingerprint density at radius 3 is 2.27 bits per heavy atom. The number of hydrogen-bond donors (Lipinski definition) is 3. The van der Waals surface area contributed by atoms with E-state index in [-0.39, 0.29) is 38.3 Å². The topological polar surface area (TPSA) is 72.8 Å². The number of aliphatic hydroxyl groups excluding tert-OH is 2. The Bertz CT molecular complexity index is 170. The SMILES string of the molecule is CCNC(C)CC(=O)N(CCO)CCO. The Labute approximate surface area is 91.1 Å². The number of carbonyl (C=O) groups excluding carboxylic acids is 1. The summed E-state index contributed by atoms with van der Waals surface area (Å²) in [5.74, 6) is -0.0356. The van der Waals surface area contributed by atoms with Gasteiger partial charge in [-0.1, -0.05) is 6.92 Å². The summed E-state index contributed by atoms with van der Waals surface area (Å²) < 4.78 is 0. The van der Waals surface area contributed by atoms with Crippen molar-refractivity contribution >= 4 is 5.91 Å². The fourth-order valence-corrected chi connectivity index (χ4v) is 1.41. The second-order valence-electron chi connectivity index (χ2n) is 3.49. The van der Waals surface area contributed by atoms with E-state index in [1.165, 1.54) is 4.90 Å². The predicted octanol–water partition coefficient (Wildman–Crippen LogP) is -0.812. The fourth-order valence-electron chi connectivity index (χ4n) is 1.41. The monoisotopic (exact) mass is 218 g/mol. The van der Waals surface area contributed by atoms with Crippen molar-refractivity contribution in [3.63, 3.8) is 0 Å². The fraction of sp³-hybridized carbons (Fsp3) is 0.900. The van der Waals surface area contributed by atoms with E-state index < -0.39 is 0 Å². The molecule has 1 amide bonds. The highest BCUT2D eigenvalue weighted by Crippen LogP contribution is 1.98. The van der Waals surface area contributed by atoms with Crippen LogP contribution in [-0.2, 0) is 4.79 Å². The highest BCUT2D eigenvalue weighted by Gasteiger charge is 2.14. The largest absolute Gasteiger partial charge is 0.395 e. The maximum atomic E-state index is 11.7. The molecule has 5 nitrogen and oxygen atoms in total. The summed E-state index contributed by atoms with van der Waals surface area (Å²) in [6.07, 6.45) is 0.397. The van der Waals surface area contributed by atoms with Gasteiger partial charge in [-0.05, 0) is 13.5 Å². The van der Waals surface area contributed by atoms with Crippen LogP contribution in [0.2, 0.25) is 0 Å². The molecule has 0 spiro atoms. The first-order valence-corrected chi connectivity index (χ1v) is 5.38. The number of amides is 1. The van der Waals surface area contributed by atoms with Crippen molar-refractivity contribution in [2.24, 2.45) is 0 Å². The average Bonchev–Trinajstić information content (AvgIpc) is 2.17. The summed E-state index contributed by atoms with van der Waals surface area (Å²) >= 11 is 0. The highest BCUT2D eigenvalue weighted by atomic mass is 16.3. The molecule has 5 heteroatoms. The van der Waals surface area contributed by atoms with Crippen LogP contribution >= 0.6 is 0 Å². The predicted molar refractivity (Wildman–Crippen MR) is 58.5 cm³/mol. The van der Waals surface area contributed by atoms with Crippen LogP contribution in [0.25, 0.3) is 0 Å². The van der Waals surface area contributed by atoms with E-state index in [2.05, 4.69) is 5.32 Å². The Hall–Kier alpha value is -0.650. The Kier molecular flexibility index (Phi) is 8.27. The van der Waals surface area contributed by atoms with Crippen molar-refractivity contribution in [2.75, 3.05) is 32.8 Å². The van der Waals surface area contributed by atoms with Crippen molar-refractivity contribution in [1.29, 1.82) is 0 Å². The van der Waals surface area contributed by atoms with E-state index in [1.54, 1.807) is 0 Å². The van der Waals surface area contributed by atoms with Gasteiger partial charge in [-0.25, -0.2) is 0 Å². The van der Waals surface area contributed by atoms with Crippen LogP contribution in [0.15, 0.2) is 0 Å². The lowest BCUT2D eigenvalue weighted by atomic mass is 10.2. The van der Waals surface area contributed by atoms with Gasteiger partial charge in [0.05, 0.1) is 13.2 Å². The summed E-state index contributed by atoms with van der Waals surface area (Å²) in [5, 5.41) is 20.7. The zero-order valence-electron chi connectivity index (χ0n) is 9.57. The number of rotatable bonds is 8. The average molecular weight is 218 g/mol. The molecule has 0 fully saturated rings. The van der Waals surface area contributed by atoms with Crippen LogP contribution in [0.4, 0.5) is 0 Å². The van der Waals surface area contributed by atoms with Crippen LogP contribution in [0.3, 0.4) is 0 Å². The van der Waals surface area contributed by atoms with E-state index >= 15 is 0 Å². The van der Waals surface area contributed by atoms with Gasteiger partial charge < -0.3 is 20.4 Å². The van der Waals surface area contributed by atoms with Crippen LogP contribution < -0.4 is 5.32 Å². The molecule has 0 aliphatic heterocycles. The first-order valence-electron chi connectivity index (χ1n) is 5.38. The lowest BCUT2D eigenvalue weighted by molar-refractivity contribution is -0.132. The van der Waals surface area contributed by atoms with Gasteiger partial charge >= 0.3 is 0 Å². The van der Waals surface area contributed by atoms with Crippen molar-refractivity contribution in [2.45, 2.75) is 26.3 Å². The zero-order chi connectivity index (χ0) is 11.7. The third-order valence-electron chi connectivity index (χ3n) is 2.13. The molecule has 0 aliphatic rings. The number of aliphatic hydroxyl groups is 2. The summed E-state index contributed by atoms with van der Waals surface area (Å²) in [5.41, 5.74) is 0. The van der Waals surface area contributed by atoms with Crippen molar-refractivity contribution in [1.82, 2.24) is 10.2 Å². The molecule has 90 valence electrons. The van der Waals surface area contributed by atoms with Gasteiger partial charge in [0, 0.05) is 25.6 Å². The Balaban J connectivity index is 4.00. The van der Waals surface area contributed by atoms with Crippen LogP contribution in [0.1, 0.15) is 20.3 Å². The second-order valence-corrected chi connectivity index (χ2v) is 3.49. The Morgan fingerprint density at radius 1 is 1.33 bits per heavy atom. The number of nitrogens with one attached hydrogen (secondary N) is 1. The van der Waals surface area contributed by atoms with E-state index in [0.717, 1.165) is 6.54 Å². The minimum absolute atomic E-state index is 0.0356. The van der Waals surface area contributed by atoms with E-state index in [1.807, 2.05) is 13.8 Å². The number of nitrogens with zero attached hydrogens (tertiary/aromatic N) is 1. The molecule has 0 aliphatic carbocycles. The first kappa shape index (κ1) is 14.3. The molecule has 1 atom stereocenters. The van der Waals surface area contributed by atoms with Gasteiger partial charge in [0.2, 0.25) is 5.91 Å². The lowest BCUT2D eigenvalue weighted by Gasteiger charge is -2.22. The molecule has 0 aromatic heterocycles. The van der Waals surface area contributed by atoms with Gasteiger partial charge in [-0.15, -0.1) is 0 Å². The minimum atomic E-state index is -0.0681. The van der Waals surface area contributed by atoms with Crippen molar-refractivity contribution in [3.05, 3.63) is 0 Å². The molecular weight excluding hydrogens is 196 g/mol. The molecule has 0 heterocycles. The minimum Gasteiger partial charge on any atom is -0.395 e. The maximum absolute atomic E-state index is 11.7. The smallest absolute Gasteiger partial charge is 0.224 e. The molecular formula is C10H22N2O3. The maximum Gasteiger partial charge on any atom is 0.224 e. The molecule has 1 unspecified atom stereocenters. The molecule has 15 heavy (non-hydrogen) atoms. The summed E-state index contributed by atoms with van der Waals surface area (Å²) in [7, 11) is 0. The van der Waals surface area contributed by atoms with Gasteiger partial charge in [0.25, 0.3) is 0 Å². The molecule has 3 N–H and O–H groups in total. The van der Waals surface area contributed by atoms with Crippen LogP contribution in [-0.4, -0.2) is 59.9 Å². The van der Waals surface area contributed by atoms with E-state index in [9.17, 15) is 4.79 Å². The van der Waals surface area contributed by atoms with E-state index in [4.69, 9.17) is 10.2 Å². The van der Waals surface area contributed by atoms with Crippen LogP contribution in [0, 0.1) is 0 Å². The molecule has 0 aromatic rings. The summed E-state index contributed by atoms with van der Waals surface area (Å²) in [6, 6.07) is 0.127. The summed E-state index contributed by atoms with van der Waals surface area (Å²) in [6.45, 7) is 5.20. The summed E-state index contributed by atoms with van der Waals surface area (Å²) in [4.78, 5) is 13.2. The lowest BCUT2D eigenvalue weighted by Crippen LogP contribution is -2.39.